The van der Waals surface area contributed by atoms with Crippen LogP contribution >= 0.6 is 0 Å². The summed E-state index contributed by atoms with van der Waals surface area (Å²) < 4.78 is 24.8. The SMILES string of the molecule is COc1ccc(-[n+]2[nH]oc(=O)c2CN(C(=O)c2ccc(F)cc2)C2CC2)cc1. The van der Waals surface area contributed by atoms with Crippen molar-refractivity contribution in [1.82, 2.24) is 10.2 Å². The number of hydrogen-bond acceptors (Lipinski definition) is 4. The van der Waals surface area contributed by atoms with Crippen molar-refractivity contribution in [2.75, 3.05) is 7.11 Å². The zero-order chi connectivity index (χ0) is 19.7. The van der Waals surface area contributed by atoms with E-state index in [9.17, 15) is 14.0 Å². The summed E-state index contributed by atoms with van der Waals surface area (Å²) >= 11 is 0. The second-order valence-electron chi connectivity index (χ2n) is 6.63. The van der Waals surface area contributed by atoms with Crippen LogP contribution in [0.15, 0.2) is 57.8 Å². The first-order chi connectivity index (χ1) is 13.6. The molecule has 28 heavy (non-hydrogen) atoms. The Labute approximate surface area is 159 Å². The molecule has 7 nitrogen and oxygen atoms in total. The Morgan fingerprint density at radius 2 is 1.89 bits per heavy atom. The first-order valence-electron chi connectivity index (χ1n) is 8.90. The van der Waals surface area contributed by atoms with E-state index >= 15 is 0 Å². The highest BCUT2D eigenvalue weighted by Crippen LogP contribution is 2.29. The molecule has 1 fully saturated rings. The number of carbonyl (C=O) groups is 1. The molecule has 3 aromatic rings. The van der Waals surface area contributed by atoms with Crippen LogP contribution in [0.5, 0.6) is 5.75 Å². The lowest BCUT2D eigenvalue weighted by Crippen LogP contribution is -2.43. The monoisotopic (exact) mass is 384 g/mol. The molecule has 8 heteroatoms. The van der Waals surface area contributed by atoms with Gasteiger partial charge in [0.15, 0.2) is 0 Å². The summed E-state index contributed by atoms with van der Waals surface area (Å²) in [5.74, 6) is 0.0327. The maximum atomic E-state index is 13.2. The van der Waals surface area contributed by atoms with Crippen molar-refractivity contribution in [2.24, 2.45) is 0 Å². The number of aromatic amines is 1. The number of nitrogens with one attached hydrogen (secondary N) is 1. The third-order valence-corrected chi connectivity index (χ3v) is 4.73. The van der Waals surface area contributed by atoms with Crippen molar-refractivity contribution in [2.45, 2.75) is 25.4 Å². The van der Waals surface area contributed by atoms with Gasteiger partial charge in [0.1, 0.15) is 18.1 Å². The molecule has 1 heterocycles. The number of amides is 1. The molecule has 1 saturated carbocycles. The molecule has 0 bridgehead atoms. The molecular formula is C20H19FN3O4+. The largest absolute Gasteiger partial charge is 0.497 e. The number of H-pyrrole nitrogens is 1. The molecule has 0 spiro atoms. The number of halogens is 1. The van der Waals surface area contributed by atoms with Crippen LogP contribution in [0.4, 0.5) is 4.39 Å². The van der Waals surface area contributed by atoms with Crippen LogP contribution in [0.1, 0.15) is 28.9 Å². The highest BCUT2D eigenvalue weighted by atomic mass is 19.1. The van der Waals surface area contributed by atoms with Gasteiger partial charge in [-0.1, -0.05) is 0 Å². The van der Waals surface area contributed by atoms with Gasteiger partial charge in [0.05, 0.1) is 7.11 Å². The van der Waals surface area contributed by atoms with Crippen molar-refractivity contribution >= 4 is 5.91 Å². The molecule has 1 N–H and O–H groups in total. The fraction of sp³-hybridized carbons (Fsp3) is 0.250. The lowest BCUT2D eigenvalue weighted by atomic mass is 10.2. The van der Waals surface area contributed by atoms with Crippen molar-refractivity contribution in [3.05, 3.63) is 76.0 Å². The average Bonchev–Trinajstić information content (AvgIpc) is 3.49. The third kappa shape index (κ3) is 3.53. The van der Waals surface area contributed by atoms with Gasteiger partial charge in [-0.15, -0.1) is 0 Å². The predicted molar refractivity (Wildman–Crippen MR) is 96.7 cm³/mol. The fourth-order valence-corrected chi connectivity index (χ4v) is 3.04. The summed E-state index contributed by atoms with van der Waals surface area (Å²) in [5.41, 5.74) is 0.803. The van der Waals surface area contributed by atoms with Crippen LogP contribution < -0.4 is 15.0 Å². The van der Waals surface area contributed by atoms with Crippen LogP contribution in [-0.4, -0.2) is 29.2 Å². The van der Waals surface area contributed by atoms with Gasteiger partial charge in [-0.2, -0.15) is 0 Å². The fourth-order valence-electron chi connectivity index (χ4n) is 3.04. The number of methoxy groups -OCH3 is 1. The number of aromatic nitrogens is 2. The van der Waals surface area contributed by atoms with Crippen LogP contribution in [0.3, 0.4) is 0 Å². The maximum absolute atomic E-state index is 13.2. The zero-order valence-electron chi connectivity index (χ0n) is 15.2. The summed E-state index contributed by atoms with van der Waals surface area (Å²) in [6.45, 7) is 0.0821. The summed E-state index contributed by atoms with van der Waals surface area (Å²) in [7, 11) is 1.57. The quantitative estimate of drug-likeness (QED) is 0.661. The molecule has 2 aromatic carbocycles. The van der Waals surface area contributed by atoms with Crippen molar-refractivity contribution < 1.29 is 23.1 Å². The van der Waals surface area contributed by atoms with Gasteiger partial charge in [0.25, 0.3) is 5.91 Å². The van der Waals surface area contributed by atoms with Crippen LogP contribution in [0, 0.1) is 5.82 Å². The van der Waals surface area contributed by atoms with Gasteiger partial charge >= 0.3 is 11.3 Å². The number of hydrogen-bond donors (Lipinski definition) is 1. The Kier molecular flexibility index (Phi) is 4.68. The zero-order valence-corrected chi connectivity index (χ0v) is 15.2. The first kappa shape index (κ1) is 18.0. The molecule has 0 saturated heterocycles. The number of nitrogens with zero attached hydrogens (tertiary/aromatic N) is 2. The maximum Gasteiger partial charge on any atom is 0.432 e. The van der Waals surface area contributed by atoms with E-state index in [0.29, 0.717) is 22.7 Å². The van der Waals surface area contributed by atoms with Gasteiger partial charge in [0.2, 0.25) is 5.69 Å². The molecule has 0 radical (unpaired) electrons. The van der Waals surface area contributed by atoms with E-state index in [-0.39, 0.29) is 18.5 Å². The van der Waals surface area contributed by atoms with Gasteiger partial charge in [0, 0.05) is 23.7 Å². The van der Waals surface area contributed by atoms with E-state index in [0.717, 1.165) is 12.8 Å². The van der Waals surface area contributed by atoms with Gasteiger partial charge in [-0.05, 0) is 59.2 Å². The molecule has 1 aliphatic carbocycles. The minimum absolute atomic E-state index is 0.0520. The smallest absolute Gasteiger partial charge is 0.432 e. The molecule has 0 unspecified atom stereocenters. The van der Waals surface area contributed by atoms with Gasteiger partial charge in [-0.25, -0.2) is 9.18 Å². The lowest BCUT2D eigenvalue weighted by Gasteiger charge is -2.20. The van der Waals surface area contributed by atoms with Crippen molar-refractivity contribution in [3.63, 3.8) is 0 Å². The molecule has 1 amide bonds. The van der Waals surface area contributed by atoms with Crippen molar-refractivity contribution in [1.29, 1.82) is 0 Å². The Morgan fingerprint density at radius 3 is 2.50 bits per heavy atom. The van der Waals surface area contributed by atoms with Gasteiger partial charge in [-0.3, -0.25) is 9.32 Å². The highest BCUT2D eigenvalue weighted by Gasteiger charge is 2.37. The van der Waals surface area contributed by atoms with E-state index in [1.165, 1.54) is 28.9 Å². The van der Waals surface area contributed by atoms with E-state index in [1.807, 2.05) is 0 Å². The predicted octanol–water partition coefficient (Wildman–Crippen LogP) is 2.20. The summed E-state index contributed by atoms with van der Waals surface area (Å²) in [6.07, 6.45) is 1.73. The topological polar surface area (TPSA) is 79.4 Å². The Hall–Kier alpha value is -3.42. The molecular weight excluding hydrogens is 365 g/mol. The van der Waals surface area contributed by atoms with Crippen LogP contribution in [-0.2, 0) is 6.54 Å². The summed E-state index contributed by atoms with van der Waals surface area (Å²) in [5, 5.41) is 2.58. The van der Waals surface area contributed by atoms with E-state index in [2.05, 4.69) is 5.27 Å². The molecule has 1 aromatic heterocycles. The summed E-state index contributed by atoms with van der Waals surface area (Å²) in [6, 6.07) is 12.5. The minimum atomic E-state index is -0.548. The Morgan fingerprint density at radius 1 is 1.21 bits per heavy atom. The highest BCUT2D eigenvalue weighted by molar-refractivity contribution is 5.94. The molecule has 144 valence electrons. The van der Waals surface area contributed by atoms with E-state index in [4.69, 9.17) is 9.26 Å². The van der Waals surface area contributed by atoms with Crippen LogP contribution in [0.25, 0.3) is 5.69 Å². The summed E-state index contributed by atoms with van der Waals surface area (Å²) in [4.78, 5) is 26.9. The molecule has 0 atom stereocenters. The van der Waals surface area contributed by atoms with E-state index < -0.39 is 11.4 Å². The molecule has 0 aliphatic heterocycles. The standard InChI is InChI=1S/C20H18FN3O4/c1-27-17-10-8-16(9-11-17)24-18(20(26)28-22-24)12-23(15-6-7-15)19(25)13-2-4-14(21)5-3-13/h2-5,8-11,15H,6-7,12H2,1H3/p+1. The Balaban J connectivity index is 1.64. The average molecular weight is 384 g/mol. The number of ether oxygens (including phenoxy) is 1. The number of benzene rings is 2. The van der Waals surface area contributed by atoms with Crippen LogP contribution in [0.2, 0.25) is 0 Å². The van der Waals surface area contributed by atoms with E-state index in [1.54, 1.807) is 36.3 Å². The second kappa shape index (κ2) is 7.30. The normalized spacial score (nSPS) is 13.4. The Bertz CT molecular complexity index is 1040. The second-order valence-corrected chi connectivity index (χ2v) is 6.63. The van der Waals surface area contributed by atoms with Crippen molar-refractivity contribution in [3.8, 4) is 11.4 Å². The lowest BCUT2D eigenvalue weighted by molar-refractivity contribution is -0.678. The molecule has 1 aliphatic rings. The van der Waals surface area contributed by atoms with Gasteiger partial charge < -0.3 is 9.64 Å². The first-order valence-corrected chi connectivity index (χ1v) is 8.90. The minimum Gasteiger partial charge on any atom is -0.497 e. The third-order valence-electron chi connectivity index (χ3n) is 4.73. The number of carbonyl (C=O) groups excluding carboxylic acids is 1. The molecule has 4 rings (SSSR count). The number of rotatable bonds is 6.